The topological polar surface area (TPSA) is 42.7 Å². The predicted molar refractivity (Wildman–Crippen MR) is 71.0 cm³/mol. The lowest BCUT2D eigenvalue weighted by molar-refractivity contribution is 0.670. The van der Waals surface area contributed by atoms with Crippen molar-refractivity contribution in [3.8, 4) is 5.82 Å². The van der Waals surface area contributed by atoms with E-state index in [0.29, 0.717) is 11.1 Å². The van der Waals surface area contributed by atoms with Crippen molar-refractivity contribution in [3.05, 3.63) is 40.8 Å². The largest absolute Gasteiger partial charge is 0.308 e. The Morgan fingerprint density at radius 1 is 1.39 bits per heavy atom. The summed E-state index contributed by atoms with van der Waals surface area (Å²) >= 11 is 6.16. The van der Waals surface area contributed by atoms with Gasteiger partial charge >= 0.3 is 0 Å². The molecule has 1 N–H and O–H groups in total. The van der Waals surface area contributed by atoms with Crippen LogP contribution < -0.4 is 5.32 Å². The predicted octanol–water partition coefficient (Wildman–Crippen LogP) is 2.48. The molecule has 94 valence electrons. The summed E-state index contributed by atoms with van der Waals surface area (Å²) in [5.41, 5.74) is 1.86. The normalized spacial score (nSPS) is 15.0. The highest BCUT2D eigenvalue weighted by Crippen LogP contribution is 2.21. The Morgan fingerprint density at radius 2 is 2.22 bits per heavy atom. The molecule has 1 aliphatic rings. The van der Waals surface area contributed by atoms with Crippen LogP contribution in [0, 0.1) is 6.92 Å². The van der Waals surface area contributed by atoms with Crippen molar-refractivity contribution in [1.29, 1.82) is 0 Å². The van der Waals surface area contributed by atoms with Crippen molar-refractivity contribution >= 4 is 11.6 Å². The van der Waals surface area contributed by atoms with Crippen molar-refractivity contribution < 1.29 is 0 Å². The minimum atomic E-state index is 0.651. The average molecular weight is 263 g/mol. The summed E-state index contributed by atoms with van der Waals surface area (Å²) in [5, 5.41) is 8.48. The van der Waals surface area contributed by atoms with Crippen LogP contribution in [0.25, 0.3) is 5.82 Å². The SMILES string of the molecule is Cc1ccn(-c2ccc(Cl)c(CNC3CC3)n2)n1. The van der Waals surface area contributed by atoms with Gasteiger partial charge in [0.25, 0.3) is 0 Å². The van der Waals surface area contributed by atoms with Gasteiger partial charge in [-0.1, -0.05) is 11.6 Å². The molecule has 0 radical (unpaired) electrons. The summed E-state index contributed by atoms with van der Waals surface area (Å²) in [7, 11) is 0. The first-order valence-corrected chi connectivity index (χ1v) is 6.51. The van der Waals surface area contributed by atoms with Crippen LogP contribution in [0.1, 0.15) is 24.2 Å². The molecule has 18 heavy (non-hydrogen) atoms. The number of nitrogens with one attached hydrogen (secondary N) is 1. The zero-order chi connectivity index (χ0) is 12.5. The van der Waals surface area contributed by atoms with E-state index >= 15 is 0 Å². The van der Waals surface area contributed by atoms with Crippen molar-refractivity contribution in [3.63, 3.8) is 0 Å². The van der Waals surface area contributed by atoms with Gasteiger partial charge in [-0.25, -0.2) is 9.67 Å². The molecule has 1 aliphatic carbocycles. The summed E-state index contributed by atoms with van der Waals surface area (Å²) in [6.45, 7) is 2.68. The van der Waals surface area contributed by atoms with E-state index in [9.17, 15) is 0 Å². The number of aromatic nitrogens is 3. The molecule has 0 aromatic carbocycles. The van der Waals surface area contributed by atoms with Crippen LogP contribution in [0.15, 0.2) is 24.4 Å². The lowest BCUT2D eigenvalue weighted by Gasteiger charge is -2.07. The Kier molecular flexibility index (Phi) is 3.06. The Morgan fingerprint density at radius 3 is 2.89 bits per heavy atom. The van der Waals surface area contributed by atoms with Crippen molar-refractivity contribution in [2.45, 2.75) is 32.4 Å². The van der Waals surface area contributed by atoms with Crippen molar-refractivity contribution in [2.24, 2.45) is 0 Å². The number of nitrogens with zero attached hydrogens (tertiary/aromatic N) is 3. The maximum absolute atomic E-state index is 6.16. The van der Waals surface area contributed by atoms with Gasteiger partial charge in [0.05, 0.1) is 16.4 Å². The minimum Gasteiger partial charge on any atom is -0.308 e. The molecular formula is C13H15ClN4. The molecule has 2 aromatic rings. The van der Waals surface area contributed by atoms with E-state index < -0.39 is 0 Å². The second-order valence-corrected chi connectivity index (χ2v) is 5.06. The van der Waals surface area contributed by atoms with Gasteiger partial charge in [-0.15, -0.1) is 0 Å². The summed E-state index contributed by atoms with van der Waals surface area (Å²) < 4.78 is 1.77. The van der Waals surface area contributed by atoms with E-state index in [1.165, 1.54) is 12.8 Å². The van der Waals surface area contributed by atoms with Crippen LogP contribution in [0.2, 0.25) is 5.02 Å². The van der Waals surface area contributed by atoms with Crippen LogP contribution >= 0.6 is 11.6 Å². The lowest BCUT2D eigenvalue weighted by atomic mass is 10.3. The molecule has 4 nitrogen and oxygen atoms in total. The van der Waals surface area contributed by atoms with Gasteiger partial charge in [0.1, 0.15) is 0 Å². The second-order valence-electron chi connectivity index (χ2n) is 4.65. The molecule has 0 amide bonds. The van der Waals surface area contributed by atoms with Crippen LogP contribution in [-0.4, -0.2) is 20.8 Å². The van der Waals surface area contributed by atoms with E-state index in [2.05, 4.69) is 15.4 Å². The third-order valence-corrected chi connectivity index (χ3v) is 3.34. The number of hydrogen-bond donors (Lipinski definition) is 1. The quantitative estimate of drug-likeness (QED) is 0.921. The third-order valence-electron chi connectivity index (χ3n) is 3.00. The smallest absolute Gasteiger partial charge is 0.153 e. The molecule has 0 atom stereocenters. The maximum atomic E-state index is 6.16. The van der Waals surface area contributed by atoms with E-state index in [-0.39, 0.29) is 0 Å². The van der Waals surface area contributed by atoms with E-state index in [4.69, 9.17) is 11.6 Å². The first-order valence-electron chi connectivity index (χ1n) is 6.14. The maximum Gasteiger partial charge on any atom is 0.153 e. The lowest BCUT2D eigenvalue weighted by Crippen LogP contribution is -2.17. The fourth-order valence-corrected chi connectivity index (χ4v) is 1.97. The molecule has 0 bridgehead atoms. The molecule has 2 aromatic heterocycles. The summed E-state index contributed by atoms with van der Waals surface area (Å²) in [5.74, 6) is 0.806. The van der Waals surface area contributed by atoms with Gasteiger partial charge in [0.15, 0.2) is 5.82 Å². The molecule has 0 saturated heterocycles. The highest BCUT2D eigenvalue weighted by atomic mass is 35.5. The second kappa shape index (κ2) is 4.71. The molecule has 2 heterocycles. The molecule has 1 saturated carbocycles. The van der Waals surface area contributed by atoms with Gasteiger partial charge in [0, 0.05) is 18.8 Å². The molecule has 0 unspecified atom stereocenters. The number of halogens is 1. The summed E-state index contributed by atoms with van der Waals surface area (Å²) in [6.07, 6.45) is 4.43. The molecule has 5 heteroatoms. The fraction of sp³-hybridized carbons (Fsp3) is 0.385. The van der Waals surface area contributed by atoms with Gasteiger partial charge in [0.2, 0.25) is 0 Å². The van der Waals surface area contributed by atoms with Gasteiger partial charge in [-0.3, -0.25) is 0 Å². The van der Waals surface area contributed by atoms with E-state index in [1.54, 1.807) is 4.68 Å². The summed E-state index contributed by atoms with van der Waals surface area (Å²) in [4.78, 5) is 4.56. The Balaban J connectivity index is 1.84. The average Bonchev–Trinajstić information content (AvgIpc) is 3.09. The first kappa shape index (κ1) is 11.7. The highest BCUT2D eigenvalue weighted by Gasteiger charge is 2.20. The van der Waals surface area contributed by atoms with Crippen LogP contribution in [0.4, 0.5) is 0 Å². The third kappa shape index (κ3) is 2.54. The minimum absolute atomic E-state index is 0.651. The van der Waals surface area contributed by atoms with E-state index in [0.717, 1.165) is 23.8 Å². The first-order chi connectivity index (χ1) is 8.72. The van der Waals surface area contributed by atoms with Crippen LogP contribution in [-0.2, 0) is 6.54 Å². The summed E-state index contributed by atoms with van der Waals surface area (Å²) in [6, 6.07) is 6.37. The monoisotopic (exact) mass is 262 g/mol. The number of aryl methyl sites for hydroxylation is 1. The fourth-order valence-electron chi connectivity index (χ4n) is 1.80. The molecule has 1 fully saturated rings. The zero-order valence-electron chi connectivity index (χ0n) is 10.2. The highest BCUT2D eigenvalue weighted by molar-refractivity contribution is 6.31. The number of pyridine rings is 1. The van der Waals surface area contributed by atoms with E-state index in [1.807, 2.05) is 31.3 Å². The Bertz CT molecular complexity index is 560. The molecule has 0 spiro atoms. The Labute approximate surface area is 111 Å². The zero-order valence-corrected chi connectivity index (χ0v) is 11.0. The van der Waals surface area contributed by atoms with Crippen molar-refractivity contribution in [2.75, 3.05) is 0 Å². The van der Waals surface area contributed by atoms with Crippen LogP contribution in [0.3, 0.4) is 0 Å². The van der Waals surface area contributed by atoms with Gasteiger partial charge in [-0.05, 0) is 38.0 Å². The standard InChI is InChI=1S/C13H15ClN4/c1-9-6-7-18(17-9)13-5-4-11(14)12(16-13)8-15-10-2-3-10/h4-7,10,15H,2-3,8H2,1H3. The number of rotatable bonds is 4. The number of hydrogen-bond acceptors (Lipinski definition) is 3. The molecular weight excluding hydrogens is 248 g/mol. The molecule has 3 rings (SSSR count). The van der Waals surface area contributed by atoms with Crippen molar-refractivity contribution in [1.82, 2.24) is 20.1 Å². The van der Waals surface area contributed by atoms with Gasteiger partial charge in [-0.2, -0.15) is 5.10 Å². The van der Waals surface area contributed by atoms with Gasteiger partial charge < -0.3 is 5.32 Å². The molecule has 0 aliphatic heterocycles. The van der Waals surface area contributed by atoms with Crippen LogP contribution in [0.5, 0.6) is 0 Å². The Hall–Kier alpha value is -1.39.